The lowest BCUT2D eigenvalue weighted by Gasteiger charge is -2.27. The van der Waals surface area contributed by atoms with Gasteiger partial charge in [-0.1, -0.05) is 12.1 Å². The smallest absolute Gasteiger partial charge is 0.408 e. The van der Waals surface area contributed by atoms with Crippen LogP contribution in [-0.2, 0) is 4.74 Å². The molecule has 0 spiro atoms. The molecule has 1 N–H and O–H groups in total. The Morgan fingerprint density at radius 3 is 2.61 bits per heavy atom. The zero-order chi connectivity index (χ0) is 16.9. The second kappa shape index (κ2) is 7.68. The van der Waals surface area contributed by atoms with Crippen molar-refractivity contribution in [2.24, 2.45) is 0 Å². The Morgan fingerprint density at radius 1 is 1.30 bits per heavy atom. The summed E-state index contributed by atoms with van der Waals surface area (Å²) in [6.07, 6.45) is 2.05. The van der Waals surface area contributed by atoms with E-state index >= 15 is 0 Å². The van der Waals surface area contributed by atoms with Crippen molar-refractivity contribution in [2.75, 3.05) is 26.7 Å². The summed E-state index contributed by atoms with van der Waals surface area (Å²) in [7, 11) is 1.65. The maximum atomic E-state index is 12.2. The van der Waals surface area contributed by atoms with Crippen molar-refractivity contribution >= 4 is 6.09 Å². The number of benzene rings is 1. The molecule has 5 nitrogen and oxygen atoms in total. The van der Waals surface area contributed by atoms with Gasteiger partial charge in [-0.2, -0.15) is 0 Å². The SMILES string of the molecule is COc1cccc(C(CN2CCCC2)NC(=O)OC(C)(C)C)c1. The summed E-state index contributed by atoms with van der Waals surface area (Å²) < 4.78 is 10.7. The van der Waals surface area contributed by atoms with Gasteiger partial charge in [0.15, 0.2) is 0 Å². The molecule has 1 aromatic rings. The van der Waals surface area contributed by atoms with E-state index in [9.17, 15) is 4.79 Å². The lowest BCUT2D eigenvalue weighted by atomic mass is 10.1. The van der Waals surface area contributed by atoms with Gasteiger partial charge < -0.3 is 19.7 Å². The zero-order valence-electron chi connectivity index (χ0n) is 14.6. The summed E-state index contributed by atoms with van der Waals surface area (Å²) in [6, 6.07) is 7.72. The number of ether oxygens (including phenoxy) is 2. The van der Waals surface area contributed by atoms with Crippen molar-refractivity contribution < 1.29 is 14.3 Å². The van der Waals surface area contributed by atoms with Gasteiger partial charge >= 0.3 is 6.09 Å². The van der Waals surface area contributed by atoms with E-state index < -0.39 is 5.60 Å². The molecule has 1 amide bonds. The Kier molecular flexibility index (Phi) is 5.88. The van der Waals surface area contributed by atoms with Crippen LogP contribution in [-0.4, -0.2) is 43.3 Å². The minimum Gasteiger partial charge on any atom is -0.497 e. The number of nitrogens with zero attached hydrogens (tertiary/aromatic N) is 1. The van der Waals surface area contributed by atoms with Crippen molar-refractivity contribution in [1.82, 2.24) is 10.2 Å². The van der Waals surface area contributed by atoms with E-state index in [1.165, 1.54) is 12.8 Å². The lowest BCUT2D eigenvalue weighted by Crippen LogP contribution is -2.39. The number of amides is 1. The average molecular weight is 320 g/mol. The first-order chi connectivity index (χ1) is 10.9. The molecule has 1 unspecified atom stereocenters. The first-order valence-electron chi connectivity index (χ1n) is 8.23. The second-order valence-corrected chi connectivity index (χ2v) is 6.98. The van der Waals surface area contributed by atoms with E-state index in [1.54, 1.807) is 7.11 Å². The molecular weight excluding hydrogens is 292 g/mol. The average Bonchev–Trinajstić information content (AvgIpc) is 2.97. The van der Waals surface area contributed by atoms with Gasteiger partial charge in [-0.3, -0.25) is 0 Å². The largest absolute Gasteiger partial charge is 0.497 e. The summed E-state index contributed by atoms with van der Waals surface area (Å²) in [5.41, 5.74) is 0.526. The quantitative estimate of drug-likeness (QED) is 0.904. The zero-order valence-corrected chi connectivity index (χ0v) is 14.6. The topological polar surface area (TPSA) is 50.8 Å². The molecule has 1 atom stereocenters. The molecule has 0 saturated carbocycles. The van der Waals surface area contributed by atoms with Gasteiger partial charge in [0.2, 0.25) is 0 Å². The summed E-state index contributed by atoms with van der Waals surface area (Å²) in [5.74, 6) is 0.792. The third-order valence-corrected chi connectivity index (χ3v) is 3.83. The molecule has 1 aliphatic heterocycles. The molecule has 5 heteroatoms. The molecule has 128 valence electrons. The van der Waals surface area contributed by atoms with Crippen LogP contribution in [0, 0.1) is 0 Å². The van der Waals surface area contributed by atoms with E-state index in [0.29, 0.717) is 0 Å². The van der Waals surface area contributed by atoms with Crippen LogP contribution < -0.4 is 10.1 Å². The molecule has 23 heavy (non-hydrogen) atoms. The maximum absolute atomic E-state index is 12.2. The summed E-state index contributed by atoms with van der Waals surface area (Å²) in [6.45, 7) is 8.55. The van der Waals surface area contributed by atoms with E-state index in [-0.39, 0.29) is 12.1 Å². The number of alkyl carbamates (subject to hydrolysis) is 1. The number of carbonyl (C=O) groups is 1. The van der Waals surface area contributed by atoms with Crippen LogP contribution in [0.3, 0.4) is 0 Å². The Morgan fingerprint density at radius 2 is 2.00 bits per heavy atom. The normalized spacial score (nSPS) is 16.9. The van der Waals surface area contributed by atoms with Crippen LogP contribution in [0.2, 0.25) is 0 Å². The fourth-order valence-electron chi connectivity index (χ4n) is 2.77. The molecule has 1 aliphatic rings. The van der Waals surface area contributed by atoms with Gasteiger partial charge in [0, 0.05) is 6.54 Å². The van der Waals surface area contributed by atoms with Gasteiger partial charge in [0.1, 0.15) is 11.4 Å². The standard InChI is InChI=1S/C18H28N2O3/c1-18(2,3)23-17(21)19-16(13-20-10-5-6-11-20)14-8-7-9-15(12-14)22-4/h7-9,12,16H,5-6,10-11,13H2,1-4H3,(H,19,21). The molecule has 1 aromatic carbocycles. The number of rotatable bonds is 5. The highest BCUT2D eigenvalue weighted by molar-refractivity contribution is 5.68. The minimum atomic E-state index is -0.503. The van der Waals surface area contributed by atoms with Crippen LogP contribution in [0.1, 0.15) is 45.2 Å². The van der Waals surface area contributed by atoms with Gasteiger partial charge in [0.05, 0.1) is 13.2 Å². The summed E-state index contributed by atoms with van der Waals surface area (Å²) in [4.78, 5) is 14.6. The fraction of sp³-hybridized carbons (Fsp3) is 0.611. The number of likely N-dealkylation sites (tertiary alicyclic amines) is 1. The van der Waals surface area contributed by atoms with Crippen molar-refractivity contribution in [3.63, 3.8) is 0 Å². The van der Waals surface area contributed by atoms with E-state index in [4.69, 9.17) is 9.47 Å². The molecular formula is C18H28N2O3. The Balaban J connectivity index is 2.11. The van der Waals surface area contributed by atoms with Crippen LogP contribution in [0.4, 0.5) is 4.79 Å². The van der Waals surface area contributed by atoms with Crippen molar-refractivity contribution in [3.8, 4) is 5.75 Å². The van der Waals surface area contributed by atoms with Gasteiger partial charge in [-0.05, 0) is 64.4 Å². The number of methoxy groups -OCH3 is 1. The molecule has 1 fully saturated rings. The predicted octanol–water partition coefficient (Wildman–Crippen LogP) is 3.36. The van der Waals surface area contributed by atoms with E-state index in [2.05, 4.69) is 10.2 Å². The first-order valence-corrected chi connectivity index (χ1v) is 8.23. The third kappa shape index (κ3) is 5.75. The highest BCUT2D eigenvalue weighted by Gasteiger charge is 2.24. The molecule has 0 aliphatic carbocycles. The molecule has 0 bridgehead atoms. The third-order valence-electron chi connectivity index (χ3n) is 3.83. The summed E-state index contributed by atoms with van der Waals surface area (Å²) >= 11 is 0. The highest BCUT2D eigenvalue weighted by atomic mass is 16.6. The molecule has 0 radical (unpaired) electrons. The van der Waals surface area contributed by atoms with Crippen LogP contribution >= 0.6 is 0 Å². The first kappa shape index (κ1) is 17.6. The number of hydrogen-bond acceptors (Lipinski definition) is 4. The van der Waals surface area contributed by atoms with Crippen molar-refractivity contribution in [1.29, 1.82) is 0 Å². The molecule has 1 heterocycles. The lowest BCUT2D eigenvalue weighted by molar-refractivity contribution is 0.0493. The van der Waals surface area contributed by atoms with Crippen LogP contribution in [0.25, 0.3) is 0 Å². The van der Waals surface area contributed by atoms with Gasteiger partial charge in [-0.15, -0.1) is 0 Å². The molecule has 0 aromatic heterocycles. The number of hydrogen-bond donors (Lipinski definition) is 1. The maximum Gasteiger partial charge on any atom is 0.408 e. The van der Waals surface area contributed by atoms with E-state index in [0.717, 1.165) is 30.9 Å². The minimum absolute atomic E-state index is 0.113. The molecule has 1 saturated heterocycles. The number of carbonyl (C=O) groups excluding carboxylic acids is 1. The Bertz CT molecular complexity index is 519. The number of nitrogens with one attached hydrogen (secondary N) is 1. The van der Waals surface area contributed by atoms with Gasteiger partial charge in [-0.25, -0.2) is 4.79 Å². The van der Waals surface area contributed by atoms with E-state index in [1.807, 2.05) is 45.0 Å². The highest BCUT2D eigenvalue weighted by Crippen LogP contribution is 2.22. The monoisotopic (exact) mass is 320 g/mol. The Labute approximate surface area is 139 Å². The summed E-state index contributed by atoms with van der Waals surface area (Å²) in [5, 5.41) is 3.01. The molecule has 2 rings (SSSR count). The van der Waals surface area contributed by atoms with Crippen LogP contribution in [0.15, 0.2) is 24.3 Å². The van der Waals surface area contributed by atoms with Crippen molar-refractivity contribution in [2.45, 2.75) is 45.3 Å². The van der Waals surface area contributed by atoms with Crippen LogP contribution in [0.5, 0.6) is 5.75 Å². The predicted molar refractivity (Wildman–Crippen MR) is 90.8 cm³/mol. The second-order valence-electron chi connectivity index (χ2n) is 6.98. The van der Waals surface area contributed by atoms with Crippen molar-refractivity contribution in [3.05, 3.63) is 29.8 Å². The Hall–Kier alpha value is -1.75. The van der Waals surface area contributed by atoms with Gasteiger partial charge in [0.25, 0.3) is 0 Å². The fourth-order valence-corrected chi connectivity index (χ4v) is 2.77.